The smallest absolute Gasteiger partial charge is 0.163 e. The Kier molecular flexibility index (Phi) is 3.68. The molecule has 0 bridgehead atoms. The highest BCUT2D eigenvalue weighted by molar-refractivity contribution is 5.89. The van der Waals surface area contributed by atoms with Gasteiger partial charge in [-0.2, -0.15) is 5.10 Å². The van der Waals surface area contributed by atoms with Crippen LogP contribution in [-0.2, 0) is 18.2 Å². The summed E-state index contributed by atoms with van der Waals surface area (Å²) in [6.45, 7) is 5.23. The van der Waals surface area contributed by atoms with Gasteiger partial charge in [-0.15, -0.1) is 0 Å². The van der Waals surface area contributed by atoms with Crippen LogP contribution < -0.4 is 5.32 Å². The lowest BCUT2D eigenvalue weighted by Gasteiger charge is -2.19. The predicted molar refractivity (Wildman–Crippen MR) is 87.7 cm³/mol. The zero-order valence-corrected chi connectivity index (χ0v) is 14.0. The second-order valence-corrected chi connectivity index (χ2v) is 6.32. The average molecular weight is 328 g/mol. The Morgan fingerprint density at radius 3 is 2.96 bits per heavy atom. The van der Waals surface area contributed by atoms with Crippen molar-refractivity contribution >= 4 is 16.9 Å². The number of hydrogen-bond acceptors (Lipinski definition) is 7. The molecule has 0 radical (unpaired) electrons. The van der Waals surface area contributed by atoms with Gasteiger partial charge in [0.1, 0.15) is 17.9 Å². The van der Waals surface area contributed by atoms with Crippen LogP contribution in [0.5, 0.6) is 0 Å². The first-order valence-corrected chi connectivity index (χ1v) is 8.02. The zero-order valence-electron chi connectivity index (χ0n) is 14.0. The van der Waals surface area contributed by atoms with Crippen molar-refractivity contribution in [2.75, 3.05) is 18.5 Å². The summed E-state index contributed by atoms with van der Waals surface area (Å²) in [5.74, 6) is 2.00. The van der Waals surface area contributed by atoms with Crippen molar-refractivity contribution in [1.82, 2.24) is 24.9 Å². The van der Waals surface area contributed by atoms with E-state index in [0.717, 1.165) is 40.4 Å². The minimum absolute atomic E-state index is 0.160. The maximum Gasteiger partial charge on any atom is 0.163 e. The fraction of sp³-hybridized carbons (Fsp3) is 0.500. The third-order valence-corrected chi connectivity index (χ3v) is 4.46. The van der Waals surface area contributed by atoms with Gasteiger partial charge in [-0.05, 0) is 13.8 Å². The number of aryl methyl sites for hydroxylation is 3. The fourth-order valence-electron chi connectivity index (χ4n) is 3.29. The minimum atomic E-state index is 0.160. The van der Waals surface area contributed by atoms with Gasteiger partial charge < -0.3 is 14.6 Å². The Morgan fingerprint density at radius 1 is 1.29 bits per heavy atom. The molecule has 0 amide bonds. The zero-order chi connectivity index (χ0) is 16.7. The molecule has 2 atom stereocenters. The highest BCUT2D eigenvalue weighted by atomic mass is 16.5. The first kappa shape index (κ1) is 15.1. The van der Waals surface area contributed by atoms with E-state index in [2.05, 4.69) is 25.5 Å². The van der Waals surface area contributed by atoms with Crippen LogP contribution in [0.4, 0.5) is 5.82 Å². The molecule has 0 aromatic carbocycles. The quantitative estimate of drug-likeness (QED) is 0.778. The van der Waals surface area contributed by atoms with Crippen LogP contribution in [0.15, 0.2) is 16.9 Å². The van der Waals surface area contributed by atoms with Crippen molar-refractivity contribution in [3.8, 4) is 0 Å². The molecule has 24 heavy (non-hydrogen) atoms. The van der Waals surface area contributed by atoms with Crippen LogP contribution in [0.2, 0.25) is 0 Å². The summed E-state index contributed by atoms with van der Waals surface area (Å²) >= 11 is 0. The second kappa shape index (κ2) is 5.86. The molecule has 3 aromatic heterocycles. The Bertz CT molecular complexity index is 871. The summed E-state index contributed by atoms with van der Waals surface area (Å²) in [4.78, 5) is 8.74. The molecule has 4 rings (SSSR count). The Balaban J connectivity index is 1.58. The Labute approximate surface area is 139 Å². The normalized spacial score (nSPS) is 20.8. The van der Waals surface area contributed by atoms with Gasteiger partial charge in [0.15, 0.2) is 5.65 Å². The van der Waals surface area contributed by atoms with Crippen LogP contribution in [0.3, 0.4) is 0 Å². The van der Waals surface area contributed by atoms with Gasteiger partial charge in [0, 0.05) is 25.5 Å². The summed E-state index contributed by atoms with van der Waals surface area (Å²) in [6.07, 6.45) is 2.36. The van der Waals surface area contributed by atoms with E-state index in [0.29, 0.717) is 19.1 Å². The monoisotopic (exact) mass is 328 g/mol. The molecule has 0 saturated carbocycles. The van der Waals surface area contributed by atoms with Crippen LogP contribution in [0.1, 0.15) is 17.1 Å². The largest absolute Gasteiger partial charge is 0.379 e. The van der Waals surface area contributed by atoms with Crippen molar-refractivity contribution in [3.63, 3.8) is 0 Å². The van der Waals surface area contributed by atoms with Crippen molar-refractivity contribution in [1.29, 1.82) is 0 Å². The van der Waals surface area contributed by atoms with Crippen LogP contribution in [-0.4, -0.2) is 44.2 Å². The van der Waals surface area contributed by atoms with Gasteiger partial charge in [-0.25, -0.2) is 9.97 Å². The summed E-state index contributed by atoms with van der Waals surface area (Å²) in [6, 6.07) is 2.14. The summed E-state index contributed by atoms with van der Waals surface area (Å²) in [5, 5.41) is 12.9. The van der Waals surface area contributed by atoms with Crippen LogP contribution in [0, 0.1) is 19.8 Å². The first-order valence-electron chi connectivity index (χ1n) is 8.02. The molecule has 8 heteroatoms. The number of aromatic nitrogens is 5. The molecule has 126 valence electrons. The number of ether oxygens (including phenoxy) is 1. The highest BCUT2D eigenvalue weighted by Gasteiger charge is 2.30. The van der Waals surface area contributed by atoms with E-state index in [9.17, 15) is 0 Å². The number of nitrogens with one attached hydrogen (secondary N) is 1. The van der Waals surface area contributed by atoms with Gasteiger partial charge in [0.2, 0.25) is 0 Å². The van der Waals surface area contributed by atoms with Gasteiger partial charge in [-0.1, -0.05) is 5.16 Å². The average Bonchev–Trinajstić information content (AvgIpc) is 3.23. The maximum absolute atomic E-state index is 5.68. The van der Waals surface area contributed by atoms with E-state index in [1.54, 1.807) is 11.0 Å². The molecule has 1 aliphatic rings. The molecule has 0 aliphatic carbocycles. The van der Waals surface area contributed by atoms with Crippen LogP contribution in [0.25, 0.3) is 11.0 Å². The third kappa shape index (κ3) is 2.62. The molecule has 1 saturated heterocycles. The second-order valence-electron chi connectivity index (χ2n) is 6.32. The first-order chi connectivity index (χ1) is 11.6. The molecular formula is C16H20N6O2. The number of fused-ring (bicyclic) bond motifs is 1. The van der Waals surface area contributed by atoms with E-state index in [1.165, 1.54) is 0 Å². The van der Waals surface area contributed by atoms with Gasteiger partial charge >= 0.3 is 0 Å². The standard InChI is InChI=1S/C16H20N6O2/c1-9-4-12(24-21-9)5-11-6-23-7-13(11)19-15-14-10(2)20-22(3)16(14)18-8-17-15/h4,8,11,13H,5-7H2,1-3H3,(H,17,18,19)/t11-,13+/m1/s1. The van der Waals surface area contributed by atoms with Crippen molar-refractivity contribution in [2.24, 2.45) is 13.0 Å². The predicted octanol–water partition coefficient (Wildman–Crippen LogP) is 1.64. The minimum Gasteiger partial charge on any atom is -0.379 e. The maximum atomic E-state index is 5.68. The molecule has 1 aliphatic heterocycles. The number of anilines is 1. The molecule has 3 aromatic rings. The number of rotatable bonds is 4. The molecular weight excluding hydrogens is 308 g/mol. The SMILES string of the molecule is Cc1cc(C[C@@H]2COC[C@@H]2Nc2ncnc3c2c(C)nn3C)on1. The summed E-state index contributed by atoms with van der Waals surface area (Å²) in [7, 11) is 1.89. The fourth-order valence-corrected chi connectivity index (χ4v) is 3.29. The third-order valence-electron chi connectivity index (χ3n) is 4.46. The van der Waals surface area contributed by atoms with Gasteiger partial charge in [0.25, 0.3) is 0 Å². The number of nitrogens with zero attached hydrogens (tertiary/aromatic N) is 5. The lowest BCUT2D eigenvalue weighted by Crippen LogP contribution is -2.29. The topological polar surface area (TPSA) is 90.9 Å². The van der Waals surface area contributed by atoms with Crippen LogP contribution >= 0.6 is 0 Å². The highest BCUT2D eigenvalue weighted by Crippen LogP contribution is 2.27. The molecule has 4 heterocycles. The summed E-state index contributed by atoms with van der Waals surface area (Å²) in [5.41, 5.74) is 2.64. The van der Waals surface area contributed by atoms with E-state index >= 15 is 0 Å². The Hall–Kier alpha value is -2.48. The van der Waals surface area contributed by atoms with E-state index < -0.39 is 0 Å². The molecule has 8 nitrogen and oxygen atoms in total. The number of hydrogen-bond donors (Lipinski definition) is 1. The van der Waals surface area contributed by atoms with Crippen molar-refractivity contribution in [2.45, 2.75) is 26.3 Å². The lowest BCUT2D eigenvalue weighted by atomic mass is 9.98. The van der Waals surface area contributed by atoms with E-state index in [-0.39, 0.29) is 6.04 Å². The molecule has 1 N–H and O–H groups in total. The van der Waals surface area contributed by atoms with Crippen molar-refractivity contribution < 1.29 is 9.26 Å². The molecule has 1 fully saturated rings. The van der Waals surface area contributed by atoms with E-state index in [4.69, 9.17) is 9.26 Å². The van der Waals surface area contributed by atoms with Gasteiger partial charge in [0.05, 0.1) is 36.0 Å². The lowest BCUT2D eigenvalue weighted by molar-refractivity contribution is 0.183. The van der Waals surface area contributed by atoms with E-state index in [1.807, 2.05) is 27.0 Å². The Morgan fingerprint density at radius 2 is 2.17 bits per heavy atom. The van der Waals surface area contributed by atoms with Gasteiger partial charge in [-0.3, -0.25) is 4.68 Å². The summed E-state index contributed by atoms with van der Waals surface area (Å²) < 4.78 is 12.8. The van der Waals surface area contributed by atoms with Crippen molar-refractivity contribution in [3.05, 3.63) is 29.5 Å². The molecule has 0 unspecified atom stereocenters. The molecule has 0 spiro atoms.